The fourth-order valence-corrected chi connectivity index (χ4v) is 10.4. The minimum atomic E-state index is -0.501. The molecule has 7 unspecified atom stereocenters. The van der Waals surface area contributed by atoms with E-state index in [1.807, 2.05) is 0 Å². The van der Waals surface area contributed by atoms with Crippen LogP contribution in [0.15, 0.2) is 12.2 Å². The number of nitrogens with zero attached hydrogens (tertiary/aromatic N) is 1. The Bertz CT molecular complexity index is 749. The lowest BCUT2D eigenvalue weighted by atomic mass is 9.40. The average Bonchev–Trinajstić information content (AvgIpc) is 2.88. The van der Waals surface area contributed by atoms with Crippen LogP contribution in [0.4, 0.5) is 0 Å². The molecule has 4 heteroatoms. The van der Waals surface area contributed by atoms with Crippen LogP contribution in [0.3, 0.4) is 0 Å². The molecule has 0 radical (unpaired) electrons. The van der Waals surface area contributed by atoms with Gasteiger partial charge in [-0.15, -0.1) is 0 Å². The second-order valence-electron chi connectivity index (χ2n) is 10.6. The summed E-state index contributed by atoms with van der Waals surface area (Å²) in [4.78, 5) is 15.5. The third-order valence-electron chi connectivity index (χ3n) is 9.96. The van der Waals surface area contributed by atoms with E-state index in [1.54, 1.807) is 0 Å². The van der Waals surface area contributed by atoms with Crippen molar-refractivity contribution in [2.24, 2.45) is 39.9 Å². The summed E-state index contributed by atoms with van der Waals surface area (Å²) in [5, 5.41) is 22.5. The van der Waals surface area contributed by atoms with Gasteiger partial charge in [-0.05, 0) is 35.5 Å². The molecule has 6 saturated carbocycles. The maximum atomic E-state index is 12.8. The number of ketones is 1. The fourth-order valence-electron chi connectivity index (χ4n) is 10.4. The van der Waals surface area contributed by atoms with Crippen LogP contribution >= 0.6 is 0 Å². The first-order valence-corrected chi connectivity index (χ1v) is 9.66. The maximum absolute atomic E-state index is 12.8. The highest BCUT2D eigenvalue weighted by Crippen LogP contribution is 2.86. The number of carbonyl (C=O) groups is 1. The lowest BCUT2D eigenvalue weighted by molar-refractivity contribution is -0.207. The molecule has 9 fully saturated rings. The van der Waals surface area contributed by atoms with Gasteiger partial charge in [0.2, 0.25) is 0 Å². The van der Waals surface area contributed by atoms with E-state index in [9.17, 15) is 15.0 Å². The zero-order valence-electron chi connectivity index (χ0n) is 14.1. The summed E-state index contributed by atoms with van der Waals surface area (Å²) in [7, 11) is 0. The average molecular weight is 327 g/mol. The molecule has 128 valence electrons. The first-order chi connectivity index (χ1) is 11.4. The van der Waals surface area contributed by atoms with Crippen LogP contribution in [0.5, 0.6) is 0 Å². The Morgan fingerprint density at radius 2 is 1.96 bits per heavy atom. The van der Waals surface area contributed by atoms with E-state index in [4.69, 9.17) is 0 Å². The van der Waals surface area contributed by atoms with Crippen molar-refractivity contribution in [2.75, 3.05) is 6.54 Å². The molecule has 3 saturated heterocycles. The molecule has 3 aliphatic heterocycles. The first-order valence-electron chi connectivity index (χ1n) is 9.66. The van der Waals surface area contributed by atoms with Crippen molar-refractivity contribution in [1.82, 2.24) is 4.90 Å². The number of aliphatic hydroxyl groups is 2. The van der Waals surface area contributed by atoms with Gasteiger partial charge in [-0.2, -0.15) is 0 Å². The third kappa shape index (κ3) is 0.945. The highest BCUT2D eigenvalue weighted by molar-refractivity contribution is 5.82. The van der Waals surface area contributed by atoms with Gasteiger partial charge in [-0.3, -0.25) is 9.69 Å². The van der Waals surface area contributed by atoms with Gasteiger partial charge in [0, 0.05) is 48.7 Å². The zero-order valence-corrected chi connectivity index (χ0v) is 14.1. The number of Topliss-reactive ketones (excluding diaryl/α,β-unsaturated/α-hetero) is 1. The molecule has 2 spiro atoms. The smallest absolute Gasteiger partial charge is 0.134 e. The molecule has 6 aliphatic carbocycles. The molecule has 2 N–H and O–H groups in total. The Labute approximate surface area is 141 Å². The lowest BCUT2D eigenvalue weighted by Crippen LogP contribution is -2.67. The van der Waals surface area contributed by atoms with Crippen LogP contribution in [0.1, 0.15) is 32.6 Å². The van der Waals surface area contributed by atoms with E-state index in [2.05, 4.69) is 18.4 Å². The Morgan fingerprint density at radius 3 is 2.75 bits per heavy atom. The molecule has 0 aromatic heterocycles. The number of aliphatic hydroxyl groups excluding tert-OH is 2. The lowest BCUT2D eigenvalue weighted by Gasteiger charge is -2.65. The van der Waals surface area contributed by atoms with Gasteiger partial charge in [0.15, 0.2) is 0 Å². The van der Waals surface area contributed by atoms with E-state index in [0.717, 1.165) is 31.4 Å². The number of carbonyl (C=O) groups excluding carboxylic acids is 1. The molecular weight excluding hydrogens is 302 g/mol. The zero-order chi connectivity index (χ0) is 16.4. The number of piperidine rings is 2. The first kappa shape index (κ1) is 13.5. The van der Waals surface area contributed by atoms with Crippen molar-refractivity contribution in [3.05, 3.63) is 12.2 Å². The summed E-state index contributed by atoms with van der Waals surface area (Å²) in [6, 6.07) is 0.897. The molecule has 9 bridgehead atoms. The molecular formula is C20H25NO3. The molecule has 12 atom stereocenters. The largest absolute Gasteiger partial charge is 0.392 e. The Balaban J connectivity index is 1.55. The van der Waals surface area contributed by atoms with E-state index >= 15 is 0 Å². The monoisotopic (exact) mass is 327 g/mol. The Hall–Kier alpha value is -0.710. The van der Waals surface area contributed by atoms with Gasteiger partial charge in [-0.25, -0.2) is 0 Å². The van der Waals surface area contributed by atoms with Crippen LogP contribution in [0.25, 0.3) is 0 Å². The number of hydrogen-bond acceptors (Lipinski definition) is 4. The molecule has 4 nitrogen and oxygen atoms in total. The summed E-state index contributed by atoms with van der Waals surface area (Å²) in [5.74, 6) is 1.23. The predicted molar refractivity (Wildman–Crippen MR) is 85.8 cm³/mol. The van der Waals surface area contributed by atoms with Gasteiger partial charge in [-0.1, -0.05) is 19.1 Å². The highest BCUT2D eigenvalue weighted by atomic mass is 16.3. The van der Waals surface area contributed by atoms with Crippen molar-refractivity contribution in [3.63, 3.8) is 0 Å². The molecule has 3 heterocycles. The SMILES string of the molecule is C=C1C[C@]23C[C@H]4C5[C@]6(C)CC(=O)C[C@]57C(C2C(O)[C@H]1C(O)C37)N4C6. The van der Waals surface area contributed by atoms with Gasteiger partial charge < -0.3 is 10.2 Å². The second-order valence-corrected chi connectivity index (χ2v) is 10.6. The van der Waals surface area contributed by atoms with Crippen LogP contribution in [-0.4, -0.2) is 51.7 Å². The van der Waals surface area contributed by atoms with Gasteiger partial charge in [0.25, 0.3) is 0 Å². The normalized spacial score (nSPS) is 73.0. The van der Waals surface area contributed by atoms with Gasteiger partial charge >= 0.3 is 0 Å². The van der Waals surface area contributed by atoms with Crippen molar-refractivity contribution < 1.29 is 15.0 Å². The summed E-state index contributed by atoms with van der Waals surface area (Å²) in [6.45, 7) is 7.58. The van der Waals surface area contributed by atoms with Crippen LogP contribution < -0.4 is 0 Å². The van der Waals surface area contributed by atoms with E-state index < -0.39 is 12.2 Å². The second kappa shape index (κ2) is 3.30. The number of fused-ring (bicyclic) bond motifs is 1. The topological polar surface area (TPSA) is 60.8 Å². The minimum absolute atomic E-state index is 0.00979. The van der Waals surface area contributed by atoms with Crippen molar-refractivity contribution in [2.45, 2.75) is 56.9 Å². The standard InChI is InChI=1S/C20H25NO3/c1-8-3-19-6-10-15-18(2)4-9(22)5-20(15)16(19)14(24)11(8)13(23)12(19)17(20)21(10)7-18/h10-17,23-24H,1,3-7H2,2H3/t10-,11-,12?,13?,14?,15?,16?,17?,18+,19-,20-/m0/s1. The Kier molecular flexibility index (Phi) is 1.86. The van der Waals surface area contributed by atoms with Gasteiger partial charge in [0.1, 0.15) is 5.78 Å². The van der Waals surface area contributed by atoms with Gasteiger partial charge in [0.05, 0.1) is 12.2 Å². The molecule has 0 aromatic carbocycles. The van der Waals surface area contributed by atoms with Crippen molar-refractivity contribution in [1.29, 1.82) is 0 Å². The summed E-state index contributed by atoms with van der Waals surface area (Å²) in [6.07, 6.45) is 2.48. The highest BCUT2D eigenvalue weighted by Gasteiger charge is 2.90. The number of rotatable bonds is 0. The summed E-state index contributed by atoms with van der Waals surface area (Å²) in [5.41, 5.74) is 1.10. The fraction of sp³-hybridized carbons (Fsp3) is 0.850. The molecule has 24 heavy (non-hydrogen) atoms. The molecule has 9 rings (SSSR count). The van der Waals surface area contributed by atoms with Crippen LogP contribution in [-0.2, 0) is 4.79 Å². The van der Waals surface area contributed by atoms with E-state index in [-0.39, 0.29) is 34.0 Å². The van der Waals surface area contributed by atoms with E-state index in [1.165, 1.54) is 0 Å². The molecule has 9 aliphatic rings. The van der Waals surface area contributed by atoms with E-state index in [0.29, 0.717) is 30.2 Å². The quantitative estimate of drug-likeness (QED) is 0.651. The van der Waals surface area contributed by atoms with Crippen molar-refractivity contribution >= 4 is 5.78 Å². The third-order valence-corrected chi connectivity index (χ3v) is 9.96. The van der Waals surface area contributed by atoms with Crippen molar-refractivity contribution in [3.8, 4) is 0 Å². The maximum Gasteiger partial charge on any atom is 0.134 e. The molecule has 0 aromatic rings. The molecule has 0 amide bonds. The van der Waals surface area contributed by atoms with Crippen LogP contribution in [0, 0.1) is 39.9 Å². The Morgan fingerprint density at radius 1 is 1.17 bits per heavy atom. The predicted octanol–water partition coefficient (Wildman–Crippen LogP) is 0.972. The summed E-state index contributed by atoms with van der Waals surface area (Å²) >= 11 is 0. The number of hydrogen-bond donors (Lipinski definition) is 2. The minimum Gasteiger partial charge on any atom is -0.392 e. The van der Waals surface area contributed by atoms with Crippen LogP contribution in [0.2, 0.25) is 0 Å². The summed E-state index contributed by atoms with van der Waals surface area (Å²) < 4.78 is 0.